The highest BCUT2D eigenvalue weighted by Crippen LogP contribution is 2.20. The Hall–Kier alpha value is -0.570. The molecule has 0 N–H and O–H groups in total. The Kier molecular flexibility index (Phi) is 3.93. The van der Waals surface area contributed by atoms with Crippen LogP contribution in [-0.4, -0.2) is 36.1 Å². The minimum atomic E-state index is 0.262. The number of nitrogens with zero attached hydrogens (tertiary/aromatic N) is 1. The quantitative estimate of drug-likeness (QED) is 0.689. The zero-order chi connectivity index (χ0) is 10.7. The van der Waals surface area contributed by atoms with E-state index in [1.807, 2.05) is 18.7 Å². The predicted octanol–water partition coefficient (Wildman–Crippen LogP) is 1.67. The first kappa shape index (κ1) is 11.5. The lowest BCUT2D eigenvalue weighted by Crippen LogP contribution is -2.32. The van der Waals surface area contributed by atoms with Gasteiger partial charge in [0.25, 0.3) is 0 Å². The molecule has 0 aromatic rings. The Morgan fingerprint density at radius 1 is 1.43 bits per heavy atom. The molecule has 0 radical (unpaired) electrons. The van der Waals surface area contributed by atoms with E-state index >= 15 is 0 Å². The van der Waals surface area contributed by atoms with Gasteiger partial charge in [0.1, 0.15) is 0 Å². The van der Waals surface area contributed by atoms with E-state index in [9.17, 15) is 4.79 Å². The summed E-state index contributed by atoms with van der Waals surface area (Å²) in [5.74, 6) is 0.671. The number of hydrogen-bond donors (Lipinski definition) is 0. The van der Waals surface area contributed by atoms with Gasteiger partial charge >= 0.3 is 0 Å². The summed E-state index contributed by atoms with van der Waals surface area (Å²) in [5, 5.41) is 0. The normalized spacial score (nSPS) is 22.9. The van der Waals surface area contributed by atoms with E-state index in [0.717, 1.165) is 6.54 Å². The molecule has 1 rings (SSSR count). The number of carbonyl (C=O) groups is 1. The van der Waals surface area contributed by atoms with Gasteiger partial charge in [0, 0.05) is 24.9 Å². The highest BCUT2D eigenvalue weighted by Gasteiger charge is 2.31. The number of amides is 1. The highest BCUT2D eigenvalue weighted by molar-refractivity contribution is 5.78. The smallest absolute Gasteiger partial charge is 0.223 e. The number of likely N-dealkylation sites (tertiary alicyclic amines) is 1. The van der Waals surface area contributed by atoms with Crippen LogP contribution in [-0.2, 0) is 9.53 Å². The Bertz CT molecular complexity index is 201. The molecule has 3 nitrogen and oxygen atoms in total. The molecule has 1 aliphatic heterocycles. The molecule has 1 amide bonds. The van der Waals surface area contributed by atoms with Crippen LogP contribution < -0.4 is 0 Å². The van der Waals surface area contributed by atoms with Gasteiger partial charge in [-0.05, 0) is 27.7 Å². The monoisotopic (exact) mass is 199 g/mol. The molecule has 0 bridgehead atoms. The molecule has 1 unspecified atom stereocenters. The van der Waals surface area contributed by atoms with Gasteiger partial charge < -0.3 is 9.64 Å². The van der Waals surface area contributed by atoms with Crippen molar-refractivity contribution in [3.63, 3.8) is 0 Å². The van der Waals surface area contributed by atoms with Gasteiger partial charge in [-0.1, -0.05) is 0 Å². The first-order valence-electron chi connectivity index (χ1n) is 5.41. The Morgan fingerprint density at radius 3 is 2.50 bits per heavy atom. The van der Waals surface area contributed by atoms with Crippen LogP contribution in [0.25, 0.3) is 0 Å². The Balaban J connectivity index is 2.35. The van der Waals surface area contributed by atoms with Crippen LogP contribution >= 0.6 is 0 Å². The third kappa shape index (κ3) is 2.98. The van der Waals surface area contributed by atoms with E-state index in [4.69, 9.17) is 4.74 Å². The number of rotatable bonds is 4. The zero-order valence-corrected chi connectivity index (χ0v) is 9.62. The Morgan fingerprint density at radius 2 is 2.07 bits per heavy atom. The minimum absolute atomic E-state index is 0.262. The SMILES string of the molecule is CC(C)OCC1CC(=O)N(C(C)C)C1. The van der Waals surface area contributed by atoms with Crippen molar-refractivity contribution >= 4 is 5.91 Å². The molecule has 1 heterocycles. The van der Waals surface area contributed by atoms with Crippen LogP contribution in [0.15, 0.2) is 0 Å². The molecule has 82 valence electrons. The van der Waals surface area contributed by atoms with Crippen molar-refractivity contribution in [2.24, 2.45) is 5.92 Å². The third-order valence-corrected chi connectivity index (χ3v) is 2.53. The fourth-order valence-corrected chi connectivity index (χ4v) is 1.75. The van der Waals surface area contributed by atoms with Gasteiger partial charge in [-0.25, -0.2) is 0 Å². The van der Waals surface area contributed by atoms with Crippen molar-refractivity contribution in [1.29, 1.82) is 0 Å². The van der Waals surface area contributed by atoms with Crippen LogP contribution in [0.3, 0.4) is 0 Å². The molecular weight excluding hydrogens is 178 g/mol. The molecule has 14 heavy (non-hydrogen) atoms. The van der Waals surface area contributed by atoms with E-state index in [1.54, 1.807) is 0 Å². The summed E-state index contributed by atoms with van der Waals surface area (Å²) in [6.45, 7) is 9.75. The van der Waals surface area contributed by atoms with Crippen LogP contribution in [0.4, 0.5) is 0 Å². The van der Waals surface area contributed by atoms with Crippen molar-refractivity contribution in [2.75, 3.05) is 13.2 Å². The van der Waals surface area contributed by atoms with E-state index in [0.29, 0.717) is 25.0 Å². The lowest BCUT2D eigenvalue weighted by molar-refractivity contribution is -0.129. The van der Waals surface area contributed by atoms with Crippen molar-refractivity contribution in [2.45, 2.75) is 46.3 Å². The molecule has 0 aromatic carbocycles. The molecule has 1 atom stereocenters. The average Bonchev–Trinajstić information content (AvgIpc) is 2.43. The van der Waals surface area contributed by atoms with Crippen molar-refractivity contribution in [3.05, 3.63) is 0 Å². The summed E-state index contributed by atoms with van der Waals surface area (Å²) in [4.78, 5) is 13.5. The molecule has 0 spiro atoms. The van der Waals surface area contributed by atoms with E-state index in [1.165, 1.54) is 0 Å². The zero-order valence-electron chi connectivity index (χ0n) is 9.62. The molecule has 1 aliphatic rings. The van der Waals surface area contributed by atoms with Gasteiger partial charge in [-0.3, -0.25) is 4.79 Å². The lowest BCUT2D eigenvalue weighted by Gasteiger charge is -2.21. The van der Waals surface area contributed by atoms with Gasteiger partial charge in [0.05, 0.1) is 12.7 Å². The molecule has 0 aromatic heterocycles. The standard InChI is InChI=1S/C11H21NO2/c1-8(2)12-6-10(5-11(12)13)7-14-9(3)4/h8-10H,5-7H2,1-4H3. The summed E-state index contributed by atoms with van der Waals surface area (Å²) in [5.41, 5.74) is 0. The fraction of sp³-hybridized carbons (Fsp3) is 0.909. The third-order valence-electron chi connectivity index (χ3n) is 2.53. The van der Waals surface area contributed by atoms with Gasteiger partial charge in [-0.15, -0.1) is 0 Å². The van der Waals surface area contributed by atoms with Crippen LogP contribution in [0.1, 0.15) is 34.1 Å². The second-order valence-electron chi connectivity index (χ2n) is 4.59. The predicted molar refractivity (Wildman–Crippen MR) is 56.0 cm³/mol. The first-order chi connectivity index (χ1) is 6.50. The van der Waals surface area contributed by atoms with Crippen LogP contribution in [0, 0.1) is 5.92 Å². The summed E-state index contributed by atoms with van der Waals surface area (Å²) < 4.78 is 5.52. The minimum Gasteiger partial charge on any atom is -0.378 e. The maximum Gasteiger partial charge on any atom is 0.223 e. The second-order valence-corrected chi connectivity index (χ2v) is 4.59. The van der Waals surface area contributed by atoms with Crippen molar-refractivity contribution < 1.29 is 9.53 Å². The Labute approximate surface area is 86.4 Å². The van der Waals surface area contributed by atoms with Crippen LogP contribution in [0.2, 0.25) is 0 Å². The molecule has 0 saturated carbocycles. The van der Waals surface area contributed by atoms with E-state index in [2.05, 4.69) is 13.8 Å². The summed E-state index contributed by atoms with van der Waals surface area (Å²) in [6.07, 6.45) is 0.920. The lowest BCUT2D eigenvalue weighted by atomic mass is 10.1. The molecule has 1 saturated heterocycles. The number of hydrogen-bond acceptors (Lipinski definition) is 2. The fourth-order valence-electron chi connectivity index (χ4n) is 1.75. The van der Waals surface area contributed by atoms with Crippen LogP contribution in [0.5, 0.6) is 0 Å². The summed E-state index contributed by atoms with van der Waals surface area (Å²) in [7, 11) is 0. The number of ether oxygens (including phenoxy) is 1. The topological polar surface area (TPSA) is 29.5 Å². The highest BCUT2D eigenvalue weighted by atomic mass is 16.5. The van der Waals surface area contributed by atoms with E-state index < -0.39 is 0 Å². The molecule has 3 heteroatoms. The van der Waals surface area contributed by atoms with Crippen molar-refractivity contribution in [3.8, 4) is 0 Å². The largest absolute Gasteiger partial charge is 0.378 e. The maximum absolute atomic E-state index is 11.5. The van der Waals surface area contributed by atoms with Gasteiger partial charge in [-0.2, -0.15) is 0 Å². The number of carbonyl (C=O) groups excluding carboxylic acids is 1. The maximum atomic E-state index is 11.5. The molecule has 1 fully saturated rings. The van der Waals surface area contributed by atoms with Gasteiger partial charge in [0.2, 0.25) is 5.91 Å². The van der Waals surface area contributed by atoms with Crippen molar-refractivity contribution in [1.82, 2.24) is 4.90 Å². The molecular formula is C11H21NO2. The summed E-state index contributed by atoms with van der Waals surface area (Å²) >= 11 is 0. The average molecular weight is 199 g/mol. The first-order valence-corrected chi connectivity index (χ1v) is 5.41. The second kappa shape index (κ2) is 4.78. The van der Waals surface area contributed by atoms with E-state index in [-0.39, 0.29) is 12.0 Å². The molecule has 0 aliphatic carbocycles. The summed E-state index contributed by atoms with van der Waals surface area (Å²) in [6, 6.07) is 0.326. The van der Waals surface area contributed by atoms with Gasteiger partial charge in [0.15, 0.2) is 0 Å².